The van der Waals surface area contributed by atoms with Gasteiger partial charge in [-0.25, -0.2) is 4.79 Å². The molecule has 0 atom stereocenters. The lowest BCUT2D eigenvalue weighted by Gasteiger charge is -1.98. The van der Waals surface area contributed by atoms with E-state index < -0.39 is 11.9 Å². The van der Waals surface area contributed by atoms with Gasteiger partial charge in [0.25, 0.3) is 5.91 Å². The van der Waals surface area contributed by atoms with Gasteiger partial charge in [0.05, 0.1) is 0 Å². The summed E-state index contributed by atoms with van der Waals surface area (Å²) in [7, 11) is 1.32. The van der Waals surface area contributed by atoms with Gasteiger partial charge in [0.15, 0.2) is 5.84 Å². The second-order valence-corrected chi connectivity index (χ2v) is 1.67. The average molecular weight is 127 g/mol. The summed E-state index contributed by atoms with van der Waals surface area (Å²) in [5, 5.41) is 8.83. The molecule has 1 rings (SSSR count). The second-order valence-electron chi connectivity index (χ2n) is 1.67. The second kappa shape index (κ2) is 1.54. The third kappa shape index (κ3) is 0.658. The number of rotatable bonds is 0. The smallest absolute Gasteiger partial charge is 0.288 e. The van der Waals surface area contributed by atoms with Gasteiger partial charge in [0.1, 0.15) is 0 Å². The predicted molar refractivity (Wildman–Crippen MR) is 29.0 cm³/mol. The number of likely N-dealkylation sites (N-methyl/N-ethyl adjacent to an activating group) is 1. The van der Waals surface area contributed by atoms with Crippen molar-refractivity contribution in [3.8, 4) is 0 Å². The van der Waals surface area contributed by atoms with Crippen molar-refractivity contribution in [2.75, 3.05) is 7.05 Å². The molecule has 0 radical (unpaired) electrons. The van der Waals surface area contributed by atoms with Crippen molar-refractivity contribution in [3.05, 3.63) is 0 Å². The van der Waals surface area contributed by atoms with Crippen LogP contribution in [0.3, 0.4) is 0 Å². The molecule has 0 aromatic heterocycles. The van der Waals surface area contributed by atoms with Crippen LogP contribution >= 0.6 is 0 Å². The van der Waals surface area contributed by atoms with Crippen molar-refractivity contribution in [1.29, 1.82) is 5.41 Å². The van der Waals surface area contributed by atoms with Gasteiger partial charge in [-0.1, -0.05) is 0 Å². The summed E-state index contributed by atoms with van der Waals surface area (Å²) >= 11 is 0. The van der Waals surface area contributed by atoms with E-state index in [2.05, 4.69) is 0 Å². The van der Waals surface area contributed by atoms with E-state index in [0.29, 0.717) is 0 Å². The van der Waals surface area contributed by atoms with Crippen molar-refractivity contribution in [2.45, 2.75) is 0 Å². The van der Waals surface area contributed by atoms with E-state index in [-0.39, 0.29) is 5.84 Å². The number of urea groups is 1. The summed E-state index contributed by atoms with van der Waals surface area (Å²) in [6.45, 7) is 0. The van der Waals surface area contributed by atoms with Crippen LogP contribution in [0.5, 0.6) is 0 Å². The Kier molecular flexibility index (Phi) is 0.985. The molecule has 1 aliphatic heterocycles. The van der Waals surface area contributed by atoms with Crippen molar-refractivity contribution in [1.82, 2.24) is 10.2 Å². The van der Waals surface area contributed by atoms with Crippen LogP contribution in [-0.4, -0.2) is 29.7 Å². The van der Waals surface area contributed by atoms with E-state index in [1.165, 1.54) is 7.05 Å². The summed E-state index contributed by atoms with van der Waals surface area (Å²) in [6.07, 6.45) is 0. The number of amides is 3. The summed E-state index contributed by atoms with van der Waals surface area (Å²) in [5.74, 6) is -0.942. The largest absolute Gasteiger partial charge is 0.329 e. The minimum Gasteiger partial charge on any atom is -0.288 e. The third-order valence-electron chi connectivity index (χ3n) is 1.06. The molecule has 0 bridgehead atoms. The quantitative estimate of drug-likeness (QED) is 0.416. The maximum atomic E-state index is 10.5. The van der Waals surface area contributed by atoms with E-state index in [1.54, 1.807) is 0 Å². The Morgan fingerprint density at radius 1 is 1.56 bits per heavy atom. The molecule has 0 aromatic rings. The number of nitrogens with one attached hydrogen (secondary N) is 2. The Morgan fingerprint density at radius 2 is 2.11 bits per heavy atom. The topological polar surface area (TPSA) is 73.3 Å². The molecule has 1 aliphatic rings. The SMILES string of the molecule is CN1C(=O)NC(=N)C1=O. The molecular weight excluding hydrogens is 122 g/mol. The van der Waals surface area contributed by atoms with E-state index in [4.69, 9.17) is 5.41 Å². The van der Waals surface area contributed by atoms with E-state index in [1.807, 2.05) is 5.32 Å². The Labute approximate surface area is 51.1 Å². The normalized spacial score (nSPS) is 18.8. The molecule has 3 amide bonds. The molecule has 0 spiro atoms. The lowest BCUT2D eigenvalue weighted by Crippen LogP contribution is -2.25. The third-order valence-corrected chi connectivity index (χ3v) is 1.06. The Hall–Kier alpha value is -1.39. The number of carbonyl (C=O) groups excluding carboxylic acids is 2. The average Bonchev–Trinajstić information content (AvgIpc) is 1.98. The molecule has 0 aliphatic carbocycles. The molecule has 1 heterocycles. The fraction of sp³-hybridized carbons (Fsp3) is 0.250. The molecule has 0 saturated carbocycles. The summed E-state index contributed by atoms with van der Waals surface area (Å²) < 4.78 is 0. The highest BCUT2D eigenvalue weighted by atomic mass is 16.2. The van der Waals surface area contributed by atoms with E-state index >= 15 is 0 Å². The maximum Gasteiger partial charge on any atom is 0.329 e. The summed E-state index contributed by atoms with van der Waals surface area (Å²) in [4.78, 5) is 21.8. The molecular formula is C4H5N3O2. The first-order valence-corrected chi connectivity index (χ1v) is 2.30. The molecule has 0 unspecified atom stereocenters. The zero-order chi connectivity index (χ0) is 7.02. The number of nitrogens with zero attached hydrogens (tertiary/aromatic N) is 1. The Balaban J connectivity index is 2.90. The van der Waals surface area contributed by atoms with Crippen LogP contribution in [0.1, 0.15) is 0 Å². The van der Waals surface area contributed by atoms with Crippen LogP contribution in [0.2, 0.25) is 0 Å². The lowest BCUT2D eigenvalue weighted by molar-refractivity contribution is -0.119. The summed E-state index contributed by atoms with van der Waals surface area (Å²) in [5.41, 5.74) is 0. The minimum absolute atomic E-state index is 0.359. The van der Waals surface area contributed by atoms with Crippen molar-refractivity contribution >= 4 is 17.8 Å². The monoisotopic (exact) mass is 127 g/mol. The van der Waals surface area contributed by atoms with Gasteiger partial charge in [0.2, 0.25) is 0 Å². The maximum absolute atomic E-state index is 10.5. The number of hydrogen-bond acceptors (Lipinski definition) is 3. The van der Waals surface area contributed by atoms with Gasteiger partial charge in [-0.05, 0) is 0 Å². The molecule has 1 saturated heterocycles. The van der Waals surface area contributed by atoms with Crippen molar-refractivity contribution in [2.24, 2.45) is 0 Å². The van der Waals surface area contributed by atoms with Crippen molar-refractivity contribution < 1.29 is 9.59 Å². The zero-order valence-corrected chi connectivity index (χ0v) is 4.76. The standard InChI is InChI=1S/C4H5N3O2/c1-7-3(8)2(5)6-4(7)9/h1H3,(H2,5,6,9). The Bertz CT molecular complexity index is 198. The fourth-order valence-corrected chi connectivity index (χ4v) is 0.504. The van der Waals surface area contributed by atoms with Crippen LogP contribution in [0, 0.1) is 5.41 Å². The number of carbonyl (C=O) groups is 2. The molecule has 5 nitrogen and oxygen atoms in total. The number of imide groups is 1. The molecule has 2 N–H and O–H groups in total. The highest BCUT2D eigenvalue weighted by molar-refractivity contribution is 6.45. The summed E-state index contributed by atoms with van der Waals surface area (Å²) in [6, 6.07) is -0.537. The predicted octanol–water partition coefficient (Wildman–Crippen LogP) is -0.855. The van der Waals surface area contributed by atoms with Crippen LogP contribution in [0.25, 0.3) is 0 Å². The fourth-order valence-electron chi connectivity index (χ4n) is 0.504. The van der Waals surface area contributed by atoms with Crippen LogP contribution < -0.4 is 5.32 Å². The van der Waals surface area contributed by atoms with Crippen LogP contribution in [-0.2, 0) is 4.79 Å². The van der Waals surface area contributed by atoms with Gasteiger partial charge < -0.3 is 0 Å². The van der Waals surface area contributed by atoms with Gasteiger partial charge in [-0.15, -0.1) is 0 Å². The molecule has 0 aromatic carbocycles. The molecule has 1 fully saturated rings. The van der Waals surface area contributed by atoms with E-state index in [9.17, 15) is 9.59 Å². The van der Waals surface area contributed by atoms with Crippen LogP contribution in [0.15, 0.2) is 0 Å². The molecule has 5 heteroatoms. The number of amidine groups is 1. The highest BCUT2D eigenvalue weighted by Crippen LogP contribution is 1.94. The van der Waals surface area contributed by atoms with Crippen LogP contribution in [0.4, 0.5) is 4.79 Å². The van der Waals surface area contributed by atoms with Gasteiger partial charge in [-0.3, -0.25) is 20.4 Å². The minimum atomic E-state index is -0.583. The first-order chi connectivity index (χ1) is 4.13. The molecule has 9 heavy (non-hydrogen) atoms. The van der Waals surface area contributed by atoms with Gasteiger partial charge in [0, 0.05) is 7.05 Å². The molecule has 48 valence electrons. The first kappa shape index (κ1) is 5.74. The number of hydrogen-bond donors (Lipinski definition) is 2. The Morgan fingerprint density at radius 3 is 2.22 bits per heavy atom. The first-order valence-electron chi connectivity index (χ1n) is 2.30. The van der Waals surface area contributed by atoms with E-state index in [0.717, 1.165) is 4.90 Å². The zero-order valence-electron chi connectivity index (χ0n) is 4.76. The lowest BCUT2D eigenvalue weighted by atomic mass is 10.6. The van der Waals surface area contributed by atoms with Gasteiger partial charge >= 0.3 is 6.03 Å². The van der Waals surface area contributed by atoms with Crippen molar-refractivity contribution in [3.63, 3.8) is 0 Å². The van der Waals surface area contributed by atoms with Gasteiger partial charge in [-0.2, -0.15) is 0 Å². The highest BCUT2D eigenvalue weighted by Gasteiger charge is 2.29.